The lowest BCUT2D eigenvalue weighted by Crippen LogP contribution is -2.37. The van der Waals surface area contributed by atoms with Gasteiger partial charge in [0.05, 0.1) is 11.5 Å². The van der Waals surface area contributed by atoms with E-state index in [1.807, 2.05) is 0 Å². The number of aliphatic hydroxyl groups is 2. The van der Waals surface area contributed by atoms with Crippen molar-refractivity contribution in [3.63, 3.8) is 0 Å². The maximum absolute atomic E-state index is 10.7. The van der Waals surface area contributed by atoms with Crippen LogP contribution >= 0.6 is 0 Å². The van der Waals surface area contributed by atoms with Crippen LogP contribution in [0.4, 0.5) is 17.1 Å². The van der Waals surface area contributed by atoms with Crippen LogP contribution in [0.2, 0.25) is 0 Å². The molecule has 4 N–H and O–H groups in total. The molecule has 100 valence electrons. The van der Waals surface area contributed by atoms with E-state index in [1.165, 1.54) is 19.1 Å². The summed E-state index contributed by atoms with van der Waals surface area (Å²) >= 11 is 0. The summed E-state index contributed by atoms with van der Waals surface area (Å²) in [4.78, 5) is 10.2. The maximum atomic E-state index is 10.7. The second-order valence-corrected chi connectivity index (χ2v) is 4.28. The standard InChI is InChI=1S/C11H17N3O4/c1-11(16,7-15)6-13-9-3-8(12-2)4-10(5-9)14(17)18/h3-5,12-13,15-16H,6-7H2,1-2H3. The lowest BCUT2D eigenvalue weighted by Gasteiger charge is -2.21. The largest absolute Gasteiger partial charge is 0.393 e. The number of non-ortho nitro benzene ring substituents is 1. The van der Waals surface area contributed by atoms with Gasteiger partial charge < -0.3 is 20.8 Å². The number of rotatable bonds is 6. The van der Waals surface area contributed by atoms with Crippen LogP contribution in [0.25, 0.3) is 0 Å². The van der Waals surface area contributed by atoms with Gasteiger partial charge in [0.2, 0.25) is 0 Å². The first-order valence-corrected chi connectivity index (χ1v) is 5.42. The summed E-state index contributed by atoms with van der Waals surface area (Å²) in [5.41, 5.74) is -0.227. The molecule has 0 bridgehead atoms. The second-order valence-electron chi connectivity index (χ2n) is 4.28. The molecule has 0 saturated heterocycles. The van der Waals surface area contributed by atoms with Crippen molar-refractivity contribution in [1.82, 2.24) is 0 Å². The molecule has 1 atom stereocenters. The van der Waals surface area contributed by atoms with Gasteiger partial charge in [-0.05, 0) is 13.0 Å². The SMILES string of the molecule is CNc1cc(NCC(C)(O)CO)cc([N+](=O)[O-])c1. The first-order valence-electron chi connectivity index (χ1n) is 5.42. The number of nitrogens with zero attached hydrogens (tertiary/aromatic N) is 1. The lowest BCUT2D eigenvalue weighted by atomic mass is 10.1. The predicted molar refractivity (Wildman–Crippen MR) is 68.8 cm³/mol. The molecule has 1 rings (SSSR count). The zero-order valence-electron chi connectivity index (χ0n) is 10.3. The fourth-order valence-electron chi connectivity index (χ4n) is 1.31. The number of anilines is 2. The minimum atomic E-state index is -1.27. The maximum Gasteiger partial charge on any atom is 0.273 e. The molecule has 0 heterocycles. The molecule has 0 spiro atoms. The minimum Gasteiger partial charge on any atom is -0.393 e. The normalized spacial score (nSPS) is 13.8. The lowest BCUT2D eigenvalue weighted by molar-refractivity contribution is -0.384. The van der Waals surface area contributed by atoms with E-state index in [-0.39, 0.29) is 12.2 Å². The molecule has 0 aliphatic heterocycles. The Balaban J connectivity index is 2.88. The molecule has 0 aliphatic carbocycles. The summed E-state index contributed by atoms with van der Waals surface area (Å²) in [7, 11) is 1.66. The Labute approximate surface area is 105 Å². The summed E-state index contributed by atoms with van der Waals surface area (Å²) in [6.07, 6.45) is 0. The predicted octanol–water partition coefficient (Wildman–Crippen LogP) is 0.792. The topological polar surface area (TPSA) is 108 Å². The van der Waals surface area contributed by atoms with Gasteiger partial charge >= 0.3 is 0 Å². The third-order valence-corrected chi connectivity index (χ3v) is 2.43. The minimum absolute atomic E-state index is 0.0482. The van der Waals surface area contributed by atoms with Crippen molar-refractivity contribution in [2.24, 2.45) is 0 Å². The first-order chi connectivity index (χ1) is 8.38. The second kappa shape index (κ2) is 5.65. The molecule has 1 aromatic rings. The van der Waals surface area contributed by atoms with E-state index < -0.39 is 17.1 Å². The summed E-state index contributed by atoms with van der Waals surface area (Å²) in [6.45, 7) is 1.16. The number of hydrogen-bond acceptors (Lipinski definition) is 6. The zero-order valence-corrected chi connectivity index (χ0v) is 10.3. The quantitative estimate of drug-likeness (QED) is 0.442. The molecular formula is C11H17N3O4. The van der Waals surface area contributed by atoms with Gasteiger partial charge in [0.1, 0.15) is 5.60 Å². The van der Waals surface area contributed by atoms with E-state index in [1.54, 1.807) is 13.1 Å². The average Bonchev–Trinajstić information content (AvgIpc) is 2.36. The van der Waals surface area contributed by atoms with Crippen molar-refractivity contribution in [3.05, 3.63) is 28.3 Å². The van der Waals surface area contributed by atoms with Crippen molar-refractivity contribution in [2.75, 3.05) is 30.8 Å². The van der Waals surface area contributed by atoms with Crippen LogP contribution in [0, 0.1) is 10.1 Å². The molecule has 0 radical (unpaired) electrons. The van der Waals surface area contributed by atoms with Crippen LogP contribution in [0.5, 0.6) is 0 Å². The monoisotopic (exact) mass is 255 g/mol. The number of benzene rings is 1. The summed E-state index contributed by atoms with van der Waals surface area (Å²) in [6, 6.07) is 4.46. The van der Waals surface area contributed by atoms with Crippen molar-refractivity contribution in [2.45, 2.75) is 12.5 Å². The molecule has 1 unspecified atom stereocenters. The van der Waals surface area contributed by atoms with Crippen LogP contribution in [0.3, 0.4) is 0 Å². The first kappa shape index (κ1) is 14.2. The molecular weight excluding hydrogens is 238 g/mol. The molecule has 0 fully saturated rings. The van der Waals surface area contributed by atoms with Crippen LogP contribution in [-0.4, -0.2) is 40.9 Å². The Morgan fingerprint density at radius 1 is 1.39 bits per heavy atom. The molecule has 0 saturated carbocycles. The number of hydrogen-bond donors (Lipinski definition) is 4. The number of aliphatic hydroxyl groups excluding tert-OH is 1. The molecule has 0 aliphatic rings. The number of nitro groups is 1. The van der Waals surface area contributed by atoms with Crippen LogP contribution in [0.15, 0.2) is 18.2 Å². The Morgan fingerprint density at radius 3 is 2.50 bits per heavy atom. The van der Waals surface area contributed by atoms with E-state index in [0.717, 1.165) is 0 Å². The van der Waals surface area contributed by atoms with E-state index in [2.05, 4.69) is 10.6 Å². The highest BCUT2D eigenvalue weighted by Crippen LogP contribution is 2.24. The molecule has 7 nitrogen and oxygen atoms in total. The fraction of sp³-hybridized carbons (Fsp3) is 0.455. The van der Waals surface area contributed by atoms with Gasteiger partial charge in [0.25, 0.3) is 5.69 Å². The number of nitro benzene ring substituents is 1. The highest BCUT2D eigenvalue weighted by Gasteiger charge is 2.19. The van der Waals surface area contributed by atoms with E-state index in [9.17, 15) is 15.2 Å². The van der Waals surface area contributed by atoms with Gasteiger partial charge in [-0.3, -0.25) is 10.1 Å². The summed E-state index contributed by atoms with van der Waals surface area (Å²) < 4.78 is 0. The fourth-order valence-corrected chi connectivity index (χ4v) is 1.31. The Kier molecular flexibility index (Phi) is 4.46. The van der Waals surface area contributed by atoms with Gasteiger partial charge in [0.15, 0.2) is 0 Å². The van der Waals surface area contributed by atoms with E-state index in [4.69, 9.17) is 5.11 Å². The Bertz CT molecular complexity index is 434. The summed E-state index contributed by atoms with van der Waals surface area (Å²) in [5, 5.41) is 34.9. The molecule has 1 aromatic carbocycles. The smallest absolute Gasteiger partial charge is 0.273 e. The molecule has 7 heteroatoms. The van der Waals surface area contributed by atoms with Crippen LogP contribution < -0.4 is 10.6 Å². The van der Waals surface area contributed by atoms with Crippen LogP contribution in [0.1, 0.15) is 6.92 Å². The Morgan fingerprint density at radius 2 is 2.00 bits per heavy atom. The average molecular weight is 255 g/mol. The number of nitrogens with one attached hydrogen (secondary N) is 2. The van der Waals surface area contributed by atoms with Crippen molar-refractivity contribution < 1.29 is 15.1 Å². The van der Waals surface area contributed by atoms with Gasteiger partial charge in [-0.15, -0.1) is 0 Å². The van der Waals surface area contributed by atoms with Gasteiger partial charge in [-0.2, -0.15) is 0 Å². The third-order valence-electron chi connectivity index (χ3n) is 2.43. The van der Waals surface area contributed by atoms with Gasteiger partial charge in [0, 0.05) is 37.1 Å². The van der Waals surface area contributed by atoms with E-state index in [0.29, 0.717) is 11.4 Å². The van der Waals surface area contributed by atoms with Gasteiger partial charge in [-0.1, -0.05) is 0 Å². The molecule has 18 heavy (non-hydrogen) atoms. The van der Waals surface area contributed by atoms with Crippen molar-refractivity contribution in [1.29, 1.82) is 0 Å². The highest BCUT2D eigenvalue weighted by atomic mass is 16.6. The van der Waals surface area contributed by atoms with Crippen molar-refractivity contribution >= 4 is 17.1 Å². The third kappa shape index (κ3) is 3.86. The van der Waals surface area contributed by atoms with Crippen molar-refractivity contribution in [3.8, 4) is 0 Å². The van der Waals surface area contributed by atoms with Gasteiger partial charge in [-0.25, -0.2) is 0 Å². The molecule has 0 amide bonds. The highest BCUT2D eigenvalue weighted by molar-refractivity contribution is 5.63. The van der Waals surface area contributed by atoms with E-state index >= 15 is 0 Å². The molecule has 0 aromatic heterocycles. The Hall–Kier alpha value is -1.86. The summed E-state index contributed by atoms with van der Waals surface area (Å²) in [5.74, 6) is 0. The van der Waals surface area contributed by atoms with Crippen LogP contribution in [-0.2, 0) is 0 Å². The zero-order chi connectivity index (χ0) is 13.8.